The van der Waals surface area contributed by atoms with E-state index in [-0.39, 0.29) is 11.2 Å². The van der Waals surface area contributed by atoms with Gasteiger partial charge < -0.3 is 0 Å². The molecule has 0 aliphatic heterocycles. The second-order valence-electron chi connectivity index (χ2n) is 4.17. The zero-order valence-electron chi connectivity index (χ0n) is 7.73. The van der Waals surface area contributed by atoms with E-state index >= 15 is 0 Å². The van der Waals surface area contributed by atoms with E-state index in [1.807, 2.05) is 18.2 Å². The summed E-state index contributed by atoms with van der Waals surface area (Å²) in [6.07, 6.45) is 0.638. The third-order valence-corrected chi connectivity index (χ3v) is 3.11. The lowest BCUT2D eigenvalue weighted by Gasteiger charge is -2.17. The molecule has 0 N–H and O–H groups in total. The van der Waals surface area contributed by atoms with Gasteiger partial charge in [-0.1, -0.05) is 35.8 Å². The standard InChI is InChI=1S/C11H11BrO/c1-11(2)6-10(13)8-5-7(12)3-4-9(8)11/h3-5H,6H2,1-2H3. The van der Waals surface area contributed by atoms with E-state index in [1.54, 1.807) is 0 Å². The minimum absolute atomic E-state index is 0.0209. The molecule has 0 aromatic heterocycles. The molecule has 0 heterocycles. The van der Waals surface area contributed by atoms with Gasteiger partial charge in [0.15, 0.2) is 5.78 Å². The highest BCUT2D eigenvalue weighted by molar-refractivity contribution is 9.10. The van der Waals surface area contributed by atoms with Crippen molar-refractivity contribution in [3.05, 3.63) is 33.8 Å². The zero-order valence-corrected chi connectivity index (χ0v) is 9.31. The number of hydrogen-bond donors (Lipinski definition) is 0. The van der Waals surface area contributed by atoms with Gasteiger partial charge in [-0.15, -0.1) is 0 Å². The zero-order chi connectivity index (χ0) is 9.64. The summed E-state index contributed by atoms with van der Waals surface area (Å²) in [6.45, 7) is 4.23. The van der Waals surface area contributed by atoms with Gasteiger partial charge in [0, 0.05) is 16.5 Å². The summed E-state index contributed by atoms with van der Waals surface area (Å²) in [5, 5.41) is 0. The van der Waals surface area contributed by atoms with Crippen LogP contribution in [0.25, 0.3) is 0 Å². The number of benzene rings is 1. The van der Waals surface area contributed by atoms with Crippen LogP contribution in [0.1, 0.15) is 36.2 Å². The molecule has 0 saturated heterocycles. The van der Waals surface area contributed by atoms with Crippen LogP contribution in [0.5, 0.6) is 0 Å². The van der Waals surface area contributed by atoms with E-state index < -0.39 is 0 Å². The molecule has 0 saturated carbocycles. The number of halogens is 1. The number of Topliss-reactive ketones (excluding diaryl/α,β-unsaturated/α-hetero) is 1. The van der Waals surface area contributed by atoms with Crippen LogP contribution in [-0.4, -0.2) is 5.78 Å². The first-order valence-electron chi connectivity index (χ1n) is 4.34. The first-order chi connectivity index (χ1) is 6.00. The van der Waals surface area contributed by atoms with Crippen molar-refractivity contribution in [1.29, 1.82) is 0 Å². The number of carbonyl (C=O) groups is 1. The lowest BCUT2D eigenvalue weighted by Crippen LogP contribution is -2.12. The lowest BCUT2D eigenvalue weighted by atomic mass is 9.87. The molecule has 1 aliphatic rings. The van der Waals surface area contributed by atoms with Crippen LogP contribution in [0, 0.1) is 0 Å². The summed E-state index contributed by atoms with van der Waals surface area (Å²) in [5.41, 5.74) is 2.09. The molecule has 2 heteroatoms. The van der Waals surface area contributed by atoms with Crippen LogP contribution in [-0.2, 0) is 5.41 Å². The maximum Gasteiger partial charge on any atom is 0.164 e. The van der Waals surface area contributed by atoms with Crippen molar-refractivity contribution in [1.82, 2.24) is 0 Å². The van der Waals surface area contributed by atoms with Gasteiger partial charge in [-0.25, -0.2) is 0 Å². The summed E-state index contributed by atoms with van der Waals surface area (Å²) in [5.74, 6) is 0.265. The number of carbonyl (C=O) groups excluding carboxylic acids is 1. The van der Waals surface area contributed by atoms with Crippen molar-refractivity contribution in [3.63, 3.8) is 0 Å². The van der Waals surface area contributed by atoms with E-state index in [9.17, 15) is 4.79 Å². The Morgan fingerprint density at radius 1 is 1.38 bits per heavy atom. The minimum atomic E-state index is 0.0209. The van der Waals surface area contributed by atoms with Crippen molar-refractivity contribution in [2.45, 2.75) is 25.7 Å². The summed E-state index contributed by atoms with van der Waals surface area (Å²) in [4.78, 5) is 11.6. The lowest BCUT2D eigenvalue weighted by molar-refractivity contribution is 0.0979. The van der Waals surface area contributed by atoms with Gasteiger partial charge in [-0.3, -0.25) is 4.79 Å². The van der Waals surface area contributed by atoms with Gasteiger partial charge in [0.05, 0.1) is 0 Å². The Hall–Kier alpha value is -0.630. The van der Waals surface area contributed by atoms with Crippen LogP contribution in [0.3, 0.4) is 0 Å². The van der Waals surface area contributed by atoms with Crippen LogP contribution < -0.4 is 0 Å². The number of fused-ring (bicyclic) bond motifs is 1. The SMILES string of the molecule is CC1(C)CC(=O)c2cc(Br)ccc21. The molecule has 0 unspecified atom stereocenters. The van der Waals surface area contributed by atoms with Gasteiger partial charge >= 0.3 is 0 Å². The Labute approximate surface area is 86.3 Å². The Kier molecular flexibility index (Phi) is 1.84. The van der Waals surface area contributed by atoms with Crippen LogP contribution in [0.15, 0.2) is 22.7 Å². The molecule has 0 spiro atoms. The smallest absolute Gasteiger partial charge is 0.164 e. The van der Waals surface area contributed by atoms with Gasteiger partial charge in [0.25, 0.3) is 0 Å². The highest BCUT2D eigenvalue weighted by Crippen LogP contribution is 2.38. The summed E-state index contributed by atoms with van der Waals surface area (Å²) in [7, 11) is 0. The van der Waals surface area contributed by atoms with E-state index in [0.29, 0.717) is 6.42 Å². The molecule has 68 valence electrons. The van der Waals surface area contributed by atoms with Gasteiger partial charge in [0.2, 0.25) is 0 Å². The molecule has 13 heavy (non-hydrogen) atoms. The van der Waals surface area contributed by atoms with Gasteiger partial charge in [-0.05, 0) is 23.1 Å². The van der Waals surface area contributed by atoms with Crippen LogP contribution >= 0.6 is 15.9 Å². The van der Waals surface area contributed by atoms with Crippen LogP contribution in [0.2, 0.25) is 0 Å². The van der Waals surface area contributed by atoms with E-state index in [4.69, 9.17) is 0 Å². The molecule has 2 rings (SSSR count). The van der Waals surface area contributed by atoms with Crippen molar-refractivity contribution >= 4 is 21.7 Å². The Bertz CT molecular complexity index is 380. The predicted octanol–water partition coefficient (Wildman–Crippen LogP) is 3.31. The third-order valence-electron chi connectivity index (χ3n) is 2.61. The quantitative estimate of drug-likeness (QED) is 0.678. The van der Waals surface area contributed by atoms with Crippen molar-refractivity contribution in [3.8, 4) is 0 Å². The van der Waals surface area contributed by atoms with Gasteiger partial charge in [-0.2, -0.15) is 0 Å². The summed E-state index contributed by atoms with van der Waals surface area (Å²) in [6, 6.07) is 5.97. The van der Waals surface area contributed by atoms with Gasteiger partial charge in [0.1, 0.15) is 0 Å². The van der Waals surface area contributed by atoms with E-state index in [2.05, 4.69) is 29.8 Å². The van der Waals surface area contributed by atoms with Crippen molar-refractivity contribution in [2.75, 3.05) is 0 Å². The fourth-order valence-corrected chi connectivity index (χ4v) is 2.29. The highest BCUT2D eigenvalue weighted by atomic mass is 79.9. The first-order valence-corrected chi connectivity index (χ1v) is 5.13. The molecule has 1 aliphatic carbocycles. The Morgan fingerprint density at radius 3 is 2.77 bits per heavy atom. The largest absolute Gasteiger partial charge is 0.294 e. The summed E-state index contributed by atoms with van der Waals surface area (Å²) >= 11 is 3.38. The molecule has 0 amide bonds. The normalized spacial score (nSPS) is 18.8. The molecular formula is C11H11BrO. The average Bonchev–Trinajstić information content (AvgIpc) is 2.22. The summed E-state index contributed by atoms with van der Waals surface area (Å²) < 4.78 is 0.984. The average molecular weight is 239 g/mol. The number of hydrogen-bond acceptors (Lipinski definition) is 1. The monoisotopic (exact) mass is 238 g/mol. The topological polar surface area (TPSA) is 17.1 Å². The molecule has 1 aromatic carbocycles. The molecule has 1 nitrogen and oxygen atoms in total. The maximum absolute atomic E-state index is 11.6. The third kappa shape index (κ3) is 1.33. The maximum atomic E-state index is 11.6. The Morgan fingerprint density at radius 2 is 2.08 bits per heavy atom. The highest BCUT2D eigenvalue weighted by Gasteiger charge is 2.35. The molecule has 0 radical (unpaired) electrons. The van der Waals surface area contributed by atoms with E-state index in [1.165, 1.54) is 5.56 Å². The number of ketones is 1. The minimum Gasteiger partial charge on any atom is -0.294 e. The fraction of sp³-hybridized carbons (Fsp3) is 0.364. The second kappa shape index (κ2) is 2.68. The van der Waals surface area contributed by atoms with Crippen molar-refractivity contribution < 1.29 is 4.79 Å². The molecule has 0 fully saturated rings. The first kappa shape index (κ1) is 8.95. The fourth-order valence-electron chi connectivity index (χ4n) is 1.93. The van der Waals surface area contributed by atoms with Crippen LogP contribution in [0.4, 0.5) is 0 Å². The Balaban J connectivity index is 2.66. The molecular weight excluding hydrogens is 228 g/mol. The van der Waals surface area contributed by atoms with E-state index in [0.717, 1.165) is 10.0 Å². The predicted molar refractivity (Wildman–Crippen MR) is 56.1 cm³/mol. The second-order valence-corrected chi connectivity index (χ2v) is 5.09. The van der Waals surface area contributed by atoms with Crippen molar-refractivity contribution in [2.24, 2.45) is 0 Å². The molecule has 0 atom stereocenters. The molecule has 0 bridgehead atoms. The molecule has 1 aromatic rings. The number of rotatable bonds is 0.